The maximum absolute atomic E-state index is 13.4. The predicted molar refractivity (Wildman–Crippen MR) is 110 cm³/mol. The summed E-state index contributed by atoms with van der Waals surface area (Å²) < 4.78 is 0. The number of carbonyl (C=O) groups excluding carboxylic acids is 1. The van der Waals surface area contributed by atoms with Gasteiger partial charge in [-0.1, -0.05) is 35.6 Å². The first-order chi connectivity index (χ1) is 14.7. The van der Waals surface area contributed by atoms with Crippen molar-refractivity contribution in [2.75, 3.05) is 0 Å². The summed E-state index contributed by atoms with van der Waals surface area (Å²) in [4.78, 5) is 18.1. The van der Waals surface area contributed by atoms with Gasteiger partial charge in [-0.15, -0.1) is 22.0 Å². The summed E-state index contributed by atoms with van der Waals surface area (Å²) in [6, 6.07) is 10.4. The molecule has 1 aromatic carbocycles. The van der Waals surface area contributed by atoms with E-state index in [1.54, 1.807) is 24.5 Å². The number of hydrazone groups is 1. The molecule has 2 aromatic heterocycles. The molecule has 0 saturated heterocycles. The second-order valence-corrected chi connectivity index (χ2v) is 8.14. The average Bonchev–Trinajstić information content (AvgIpc) is 3.54. The van der Waals surface area contributed by atoms with Crippen LogP contribution in [0.2, 0.25) is 0 Å². The van der Waals surface area contributed by atoms with E-state index in [1.165, 1.54) is 16.8 Å². The number of nitrogens with zero attached hydrogens (tertiary/aromatic N) is 6. The summed E-state index contributed by atoms with van der Waals surface area (Å²) in [6.07, 6.45) is 6.43. The molecule has 2 atom stereocenters. The molecule has 4 heterocycles. The number of para-hydroxylation sites is 1. The summed E-state index contributed by atoms with van der Waals surface area (Å²) in [5.41, 5.74) is 2.26. The minimum Gasteiger partial charge on any atom is -0.508 e. The Balaban J connectivity index is 1.45. The Morgan fingerprint density at radius 3 is 2.90 bits per heavy atom. The lowest BCUT2D eigenvalue weighted by Gasteiger charge is -2.23. The van der Waals surface area contributed by atoms with Gasteiger partial charge in [-0.25, -0.2) is 5.01 Å². The molecule has 0 saturated carbocycles. The predicted octanol–water partition coefficient (Wildman–Crippen LogP) is 2.74. The molecule has 30 heavy (non-hydrogen) atoms. The molecule has 5 rings (SSSR count). The lowest BCUT2D eigenvalue weighted by molar-refractivity contribution is -0.128. The maximum atomic E-state index is 13.4. The Morgan fingerprint density at radius 2 is 2.13 bits per heavy atom. The molecule has 2 N–H and O–H groups in total. The Morgan fingerprint density at radius 1 is 1.23 bits per heavy atom. The fraction of sp³-hybridized carbons (Fsp3) is 0.200. The van der Waals surface area contributed by atoms with Gasteiger partial charge in [0.15, 0.2) is 5.82 Å². The number of phenolic OH excluding ortho intramolecular Hbond substituents is 1. The number of H-pyrrole nitrogens is 1. The summed E-state index contributed by atoms with van der Waals surface area (Å²) in [6.45, 7) is 0. The number of allylic oxidation sites excluding steroid dienone is 1. The minimum absolute atomic E-state index is 0.0596. The van der Waals surface area contributed by atoms with E-state index < -0.39 is 6.04 Å². The molecule has 0 fully saturated rings. The maximum Gasteiger partial charge on any atom is 0.280 e. The van der Waals surface area contributed by atoms with Gasteiger partial charge in [-0.05, 0) is 18.6 Å². The topological polar surface area (TPSA) is 120 Å². The quantitative estimate of drug-likeness (QED) is 0.667. The zero-order valence-corrected chi connectivity index (χ0v) is 16.5. The number of thioether (sulfide) groups is 1. The number of aromatic amines is 1. The number of tetrazole rings is 1. The second kappa shape index (κ2) is 7.71. The van der Waals surface area contributed by atoms with Gasteiger partial charge < -0.3 is 5.11 Å². The fourth-order valence-corrected chi connectivity index (χ4v) is 4.69. The highest BCUT2D eigenvalue weighted by molar-refractivity contribution is 8.04. The number of pyridine rings is 1. The Kier molecular flexibility index (Phi) is 4.75. The van der Waals surface area contributed by atoms with Crippen LogP contribution in [0.3, 0.4) is 0 Å². The van der Waals surface area contributed by atoms with Crippen molar-refractivity contribution in [1.82, 2.24) is 30.6 Å². The Labute approximate surface area is 175 Å². The van der Waals surface area contributed by atoms with Crippen molar-refractivity contribution in [2.45, 2.75) is 24.1 Å². The number of carbonyl (C=O) groups is 1. The molecule has 0 bridgehead atoms. The number of rotatable bonds is 4. The Bertz CT molecular complexity index is 1130. The molecule has 3 aromatic rings. The number of benzene rings is 1. The molecule has 2 unspecified atom stereocenters. The molecule has 0 spiro atoms. The van der Waals surface area contributed by atoms with Gasteiger partial charge in [0.25, 0.3) is 5.91 Å². The molecule has 2 aliphatic heterocycles. The van der Waals surface area contributed by atoms with Crippen LogP contribution in [0, 0.1) is 0 Å². The van der Waals surface area contributed by atoms with Crippen molar-refractivity contribution in [3.05, 3.63) is 76.7 Å². The van der Waals surface area contributed by atoms with Crippen LogP contribution in [0.15, 0.2) is 64.9 Å². The average molecular weight is 419 g/mol. The molecular formula is C20H17N7O2S. The third kappa shape index (κ3) is 3.35. The number of amides is 1. The van der Waals surface area contributed by atoms with Crippen LogP contribution >= 0.6 is 11.8 Å². The lowest BCUT2D eigenvalue weighted by atomic mass is 9.98. The highest BCUT2D eigenvalue weighted by Gasteiger charge is 2.38. The molecule has 1 amide bonds. The summed E-state index contributed by atoms with van der Waals surface area (Å²) in [5.74, 6) is 0.496. The number of nitrogens with one attached hydrogen (secondary N) is 1. The first-order valence-electron chi connectivity index (χ1n) is 9.40. The third-order valence-electron chi connectivity index (χ3n) is 5.06. The van der Waals surface area contributed by atoms with Crippen LogP contribution in [0.5, 0.6) is 5.75 Å². The van der Waals surface area contributed by atoms with Gasteiger partial charge in [-0.3, -0.25) is 9.78 Å². The number of phenols is 1. The molecular weight excluding hydrogens is 402 g/mol. The standard InChI is InChI=1S/C20H17N7O2S/c28-16-6-2-1-5-13(16)15-10-14(12-4-3-9-21-11-12)24-27(15)20(29)18-8-7-17(30-18)19-22-25-26-23-19/h1-6,8-9,11,15,17,28H,7,10H2,(H,22,23,25,26). The fourth-order valence-electron chi connectivity index (χ4n) is 3.60. The van der Waals surface area contributed by atoms with Gasteiger partial charge in [0, 0.05) is 29.9 Å². The molecule has 2 aliphatic rings. The zero-order chi connectivity index (χ0) is 20.5. The molecule has 0 aliphatic carbocycles. The van der Waals surface area contributed by atoms with Gasteiger partial charge in [0.05, 0.1) is 21.9 Å². The van der Waals surface area contributed by atoms with E-state index in [1.807, 2.05) is 30.3 Å². The molecule has 9 nitrogen and oxygen atoms in total. The third-order valence-corrected chi connectivity index (χ3v) is 6.34. The SMILES string of the molecule is O=C(C1=CCC(c2nn[nH]n2)S1)N1N=C(c2cccnc2)CC1c1ccccc1O. The van der Waals surface area contributed by atoms with Crippen LogP contribution in [0.1, 0.15) is 41.1 Å². The van der Waals surface area contributed by atoms with E-state index in [4.69, 9.17) is 0 Å². The van der Waals surface area contributed by atoms with Crippen molar-refractivity contribution >= 4 is 23.4 Å². The first-order valence-corrected chi connectivity index (χ1v) is 10.3. The highest BCUT2D eigenvalue weighted by Crippen LogP contribution is 2.45. The van der Waals surface area contributed by atoms with Crippen LogP contribution in [-0.2, 0) is 4.79 Å². The number of hydrogen-bond acceptors (Lipinski definition) is 8. The van der Waals surface area contributed by atoms with Gasteiger partial charge in [0.2, 0.25) is 0 Å². The largest absolute Gasteiger partial charge is 0.508 e. The summed E-state index contributed by atoms with van der Waals surface area (Å²) >= 11 is 1.40. The van der Waals surface area contributed by atoms with Crippen LogP contribution in [-0.4, -0.2) is 47.3 Å². The summed E-state index contributed by atoms with van der Waals surface area (Å²) in [7, 11) is 0. The van der Waals surface area contributed by atoms with Crippen molar-refractivity contribution in [2.24, 2.45) is 5.10 Å². The molecule has 10 heteroatoms. The van der Waals surface area contributed by atoms with E-state index in [-0.39, 0.29) is 16.9 Å². The number of aromatic hydroxyl groups is 1. The van der Waals surface area contributed by atoms with Crippen LogP contribution in [0.4, 0.5) is 0 Å². The zero-order valence-electron chi connectivity index (χ0n) is 15.7. The van der Waals surface area contributed by atoms with Crippen molar-refractivity contribution in [3.8, 4) is 5.75 Å². The van der Waals surface area contributed by atoms with E-state index >= 15 is 0 Å². The minimum atomic E-state index is -0.403. The Hall–Kier alpha value is -3.53. The van der Waals surface area contributed by atoms with E-state index in [0.29, 0.717) is 29.1 Å². The van der Waals surface area contributed by atoms with Crippen molar-refractivity contribution < 1.29 is 9.90 Å². The van der Waals surface area contributed by atoms with Crippen LogP contribution < -0.4 is 0 Å². The second-order valence-electron chi connectivity index (χ2n) is 6.90. The van der Waals surface area contributed by atoms with E-state index in [2.05, 4.69) is 30.7 Å². The van der Waals surface area contributed by atoms with Crippen LogP contribution in [0.25, 0.3) is 0 Å². The smallest absolute Gasteiger partial charge is 0.280 e. The first kappa shape index (κ1) is 18.5. The van der Waals surface area contributed by atoms with E-state index in [0.717, 1.165) is 11.3 Å². The normalized spacial score (nSPS) is 20.9. The van der Waals surface area contributed by atoms with E-state index in [9.17, 15) is 9.90 Å². The number of aromatic nitrogens is 5. The lowest BCUT2D eigenvalue weighted by Crippen LogP contribution is -2.27. The highest BCUT2D eigenvalue weighted by atomic mass is 32.2. The van der Waals surface area contributed by atoms with Crippen molar-refractivity contribution in [1.29, 1.82) is 0 Å². The monoisotopic (exact) mass is 419 g/mol. The summed E-state index contributed by atoms with van der Waals surface area (Å²) in [5, 5.41) is 30.5. The van der Waals surface area contributed by atoms with Gasteiger partial charge in [0.1, 0.15) is 5.75 Å². The molecule has 0 radical (unpaired) electrons. The number of hydrogen-bond donors (Lipinski definition) is 2. The van der Waals surface area contributed by atoms with Crippen molar-refractivity contribution in [3.63, 3.8) is 0 Å². The van der Waals surface area contributed by atoms with Gasteiger partial charge >= 0.3 is 0 Å². The van der Waals surface area contributed by atoms with Gasteiger partial charge in [-0.2, -0.15) is 10.3 Å². The molecule has 150 valence electrons.